The molecule has 2 atom stereocenters. The van der Waals surface area contributed by atoms with Gasteiger partial charge in [0.15, 0.2) is 6.10 Å². The number of esters is 2. The van der Waals surface area contributed by atoms with Crippen LogP contribution in [0.2, 0.25) is 0 Å². The van der Waals surface area contributed by atoms with E-state index >= 15 is 0 Å². The standard InChI is InChI=1S/C41H76NO8P/c1-3-5-7-9-11-13-15-17-19-21-23-25-27-29-31-33-40(43)47-37-39(38-49-51(45,46)48-36-35-42)50-41(44)34-32-30-28-26-24-22-20-18-16-14-12-10-8-6-4-2/h12,14,17-20,39H,3-11,13,15-16,21-38,42H2,1-2H3,(H,45,46)/b14-12-,19-17-,20-18-. The lowest BCUT2D eigenvalue weighted by molar-refractivity contribution is -0.161. The quantitative estimate of drug-likeness (QED) is 0.0274. The highest BCUT2D eigenvalue weighted by Crippen LogP contribution is 2.43. The summed E-state index contributed by atoms with van der Waals surface area (Å²) in [4.78, 5) is 34.8. The van der Waals surface area contributed by atoms with Gasteiger partial charge in [-0.3, -0.25) is 18.6 Å². The Morgan fingerprint density at radius 3 is 1.55 bits per heavy atom. The van der Waals surface area contributed by atoms with Crippen LogP contribution < -0.4 is 5.73 Å². The summed E-state index contributed by atoms with van der Waals surface area (Å²) in [5, 5.41) is 0. The third-order valence-corrected chi connectivity index (χ3v) is 9.48. The highest BCUT2D eigenvalue weighted by Gasteiger charge is 2.25. The van der Waals surface area contributed by atoms with Crippen LogP contribution in [-0.4, -0.2) is 49.3 Å². The van der Waals surface area contributed by atoms with Gasteiger partial charge < -0.3 is 20.1 Å². The van der Waals surface area contributed by atoms with Crippen LogP contribution >= 0.6 is 7.82 Å². The van der Waals surface area contributed by atoms with Gasteiger partial charge in [0.25, 0.3) is 0 Å². The van der Waals surface area contributed by atoms with Gasteiger partial charge in [-0.1, -0.05) is 134 Å². The molecule has 0 spiro atoms. The summed E-state index contributed by atoms with van der Waals surface area (Å²) in [5.74, 6) is -0.854. The molecule has 298 valence electrons. The second kappa shape index (κ2) is 38.0. The SMILES string of the molecule is CCCCC/C=C\C/C=C\CCCCCCCC(=O)OC(COC(=O)CCCCCCC/C=C\CCCCCCCC)COP(=O)(O)OCCN. The minimum absolute atomic E-state index is 0.0495. The lowest BCUT2D eigenvalue weighted by Crippen LogP contribution is -2.29. The fourth-order valence-electron chi connectivity index (χ4n) is 5.42. The molecular weight excluding hydrogens is 665 g/mol. The molecule has 0 aliphatic heterocycles. The van der Waals surface area contributed by atoms with Crippen molar-refractivity contribution >= 4 is 19.8 Å². The summed E-state index contributed by atoms with van der Waals surface area (Å²) in [6.45, 7) is 3.67. The van der Waals surface area contributed by atoms with Crippen LogP contribution in [0.1, 0.15) is 181 Å². The molecule has 0 aliphatic carbocycles. The average Bonchev–Trinajstić information content (AvgIpc) is 3.11. The summed E-state index contributed by atoms with van der Waals surface area (Å²) < 4.78 is 32.7. The van der Waals surface area contributed by atoms with Gasteiger partial charge in [-0.2, -0.15) is 0 Å². The second-order valence-electron chi connectivity index (χ2n) is 13.5. The van der Waals surface area contributed by atoms with Crippen LogP contribution in [0.3, 0.4) is 0 Å². The lowest BCUT2D eigenvalue weighted by Gasteiger charge is -2.19. The third kappa shape index (κ3) is 37.8. The Kier molecular flexibility index (Phi) is 36.7. The van der Waals surface area contributed by atoms with Crippen LogP contribution in [0, 0.1) is 0 Å². The number of carbonyl (C=O) groups excluding carboxylic acids is 2. The van der Waals surface area contributed by atoms with E-state index in [4.69, 9.17) is 24.3 Å². The van der Waals surface area contributed by atoms with Gasteiger partial charge >= 0.3 is 19.8 Å². The van der Waals surface area contributed by atoms with Gasteiger partial charge in [0, 0.05) is 19.4 Å². The largest absolute Gasteiger partial charge is 0.472 e. The van der Waals surface area contributed by atoms with E-state index in [9.17, 15) is 19.0 Å². The first-order valence-electron chi connectivity index (χ1n) is 20.5. The summed E-state index contributed by atoms with van der Waals surface area (Å²) in [5.41, 5.74) is 5.34. The summed E-state index contributed by atoms with van der Waals surface area (Å²) in [7, 11) is -4.38. The molecule has 3 N–H and O–H groups in total. The fourth-order valence-corrected chi connectivity index (χ4v) is 6.19. The van der Waals surface area contributed by atoms with E-state index in [1.165, 1.54) is 70.6 Å². The number of hydrogen-bond donors (Lipinski definition) is 2. The van der Waals surface area contributed by atoms with Gasteiger partial charge in [0.05, 0.1) is 13.2 Å². The molecule has 0 aromatic heterocycles. The normalized spacial score (nSPS) is 13.7. The van der Waals surface area contributed by atoms with Crippen molar-refractivity contribution < 1.29 is 37.6 Å². The molecule has 0 bridgehead atoms. The van der Waals surface area contributed by atoms with Crippen molar-refractivity contribution in [3.8, 4) is 0 Å². The van der Waals surface area contributed by atoms with E-state index in [1.54, 1.807) is 0 Å². The Morgan fingerprint density at radius 1 is 0.588 bits per heavy atom. The van der Waals surface area contributed by atoms with Crippen molar-refractivity contribution in [1.82, 2.24) is 0 Å². The zero-order valence-electron chi connectivity index (χ0n) is 32.6. The first kappa shape index (κ1) is 49.2. The summed E-state index contributed by atoms with van der Waals surface area (Å²) >= 11 is 0. The van der Waals surface area contributed by atoms with E-state index in [-0.39, 0.29) is 32.6 Å². The Bertz CT molecular complexity index is 939. The number of phosphoric ester groups is 1. The molecule has 9 nitrogen and oxygen atoms in total. The molecule has 0 heterocycles. The third-order valence-electron chi connectivity index (χ3n) is 8.50. The zero-order valence-corrected chi connectivity index (χ0v) is 33.5. The van der Waals surface area contributed by atoms with Crippen molar-refractivity contribution in [1.29, 1.82) is 0 Å². The van der Waals surface area contributed by atoms with Crippen LogP contribution in [0.25, 0.3) is 0 Å². The molecule has 0 rings (SSSR count). The topological polar surface area (TPSA) is 134 Å². The Labute approximate surface area is 312 Å². The number of phosphoric acid groups is 1. The van der Waals surface area contributed by atoms with Crippen molar-refractivity contribution in [2.45, 2.75) is 187 Å². The first-order valence-corrected chi connectivity index (χ1v) is 22.0. The molecule has 0 fully saturated rings. The van der Waals surface area contributed by atoms with Gasteiger partial charge in [-0.25, -0.2) is 4.57 Å². The second-order valence-corrected chi connectivity index (χ2v) is 14.9. The summed E-state index contributed by atoms with van der Waals surface area (Å²) in [6, 6.07) is 0. The number of ether oxygens (including phenoxy) is 2. The van der Waals surface area contributed by atoms with E-state index in [0.29, 0.717) is 6.42 Å². The summed E-state index contributed by atoms with van der Waals surface area (Å²) in [6.07, 6.45) is 40.2. The van der Waals surface area contributed by atoms with E-state index in [2.05, 4.69) is 50.3 Å². The van der Waals surface area contributed by atoms with Crippen molar-refractivity contribution in [2.75, 3.05) is 26.4 Å². The van der Waals surface area contributed by atoms with Crippen LogP contribution in [0.4, 0.5) is 0 Å². The maximum atomic E-state index is 12.5. The van der Waals surface area contributed by atoms with Gasteiger partial charge in [-0.15, -0.1) is 0 Å². The lowest BCUT2D eigenvalue weighted by atomic mass is 10.1. The highest BCUT2D eigenvalue weighted by molar-refractivity contribution is 7.47. The molecule has 0 saturated carbocycles. The molecule has 0 amide bonds. The number of rotatable bonds is 38. The molecule has 2 unspecified atom stereocenters. The average molecular weight is 742 g/mol. The van der Waals surface area contributed by atoms with Crippen LogP contribution in [0.15, 0.2) is 36.5 Å². The number of allylic oxidation sites excluding steroid dienone is 6. The zero-order chi connectivity index (χ0) is 37.5. The maximum Gasteiger partial charge on any atom is 0.472 e. The molecule has 0 aromatic carbocycles. The molecule has 0 saturated heterocycles. The fraction of sp³-hybridized carbons (Fsp3) is 0.805. The highest BCUT2D eigenvalue weighted by atomic mass is 31.2. The number of unbranched alkanes of at least 4 members (excludes halogenated alkanes) is 19. The Morgan fingerprint density at radius 2 is 1.02 bits per heavy atom. The molecule has 0 radical (unpaired) electrons. The number of hydrogen-bond acceptors (Lipinski definition) is 8. The smallest absolute Gasteiger partial charge is 0.462 e. The predicted molar refractivity (Wildman–Crippen MR) is 210 cm³/mol. The Hall–Kier alpha value is -1.77. The molecular formula is C41H76NO8P. The number of nitrogens with two attached hydrogens (primary N) is 1. The monoisotopic (exact) mass is 742 g/mol. The Balaban J connectivity index is 4.23. The maximum absolute atomic E-state index is 12.5. The van der Waals surface area contributed by atoms with E-state index in [0.717, 1.165) is 77.0 Å². The minimum atomic E-state index is -4.38. The van der Waals surface area contributed by atoms with Gasteiger partial charge in [0.1, 0.15) is 6.61 Å². The van der Waals surface area contributed by atoms with Gasteiger partial charge in [-0.05, 0) is 70.6 Å². The molecule has 10 heteroatoms. The van der Waals surface area contributed by atoms with Crippen LogP contribution in [0.5, 0.6) is 0 Å². The molecule has 51 heavy (non-hydrogen) atoms. The first-order chi connectivity index (χ1) is 24.8. The number of carbonyl (C=O) groups is 2. The van der Waals surface area contributed by atoms with E-state index in [1.807, 2.05) is 0 Å². The van der Waals surface area contributed by atoms with Crippen molar-refractivity contribution in [3.05, 3.63) is 36.5 Å². The minimum Gasteiger partial charge on any atom is -0.462 e. The van der Waals surface area contributed by atoms with E-state index < -0.39 is 32.5 Å². The predicted octanol–water partition coefficient (Wildman–Crippen LogP) is 11.4. The molecule has 0 aromatic rings. The van der Waals surface area contributed by atoms with Crippen molar-refractivity contribution in [3.63, 3.8) is 0 Å². The van der Waals surface area contributed by atoms with Crippen molar-refractivity contribution in [2.24, 2.45) is 5.73 Å². The molecule has 0 aliphatic rings. The van der Waals surface area contributed by atoms with Gasteiger partial charge in [0.2, 0.25) is 0 Å². The van der Waals surface area contributed by atoms with Crippen LogP contribution in [-0.2, 0) is 32.7 Å².